The van der Waals surface area contributed by atoms with E-state index < -0.39 is 0 Å². The molecule has 0 saturated heterocycles. The lowest BCUT2D eigenvalue weighted by molar-refractivity contribution is 0.114. The van der Waals surface area contributed by atoms with E-state index in [4.69, 9.17) is 0 Å². The molecule has 0 spiro atoms. The zero-order valence-corrected chi connectivity index (χ0v) is 10.1. The van der Waals surface area contributed by atoms with Crippen molar-refractivity contribution in [2.45, 2.75) is 65.0 Å². The van der Waals surface area contributed by atoms with Gasteiger partial charge < -0.3 is 0 Å². The molecule has 0 N–H and O–H groups in total. The Hall–Kier alpha value is -0.300. The zero-order chi connectivity index (χ0) is 10.3. The highest BCUT2D eigenvalue weighted by Crippen LogP contribution is 2.38. The minimum atomic E-state index is 0.338. The van der Waals surface area contributed by atoms with Crippen LogP contribution in [0.1, 0.15) is 53.4 Å². The first kappa shape index (κ1) is 10.2. The summed E-state index contributed by atoms with van der Waals surface area (Å²) in [6.07, 6.45) is 5.60. The van der Waals surface area contributed by atoms with Crippen LogP contribution in [0.5, 0.6) is 0 Å². The van der Waals surface area contributed by atoms with Gasteiger partial charge in [0.2, 0.25) is 0 Å². The van der Waals surface area contributed by atoms with Crippen molar-refractivity contribution < 1.29 is 0 Å². The molecule has 1 aliphatic heterocycles. The molecule has 0 bridgehead atoms. The molecule has 0 amide bonds. The summed E-state index contributed by atoms with van der Waals surface area (Å²) in [5, 5.41) is 0. The third kappa shape index (κ3) is 1.63. The van der Waals surface area contributed by atoms with E-state index in [1.54, 1.807) is 11.1 Å². The highest BCUT2D eigenvalue weighted by atomic mass is 15.2. The fraction of sp³-hybridized carbons (Fsp3) is 0.846. The van der Waals surface area contributed by atoms with Gasteiger partial charge in [-0.3, -0.25) is 4.90 Å². The molecular weight excluding hydrogens is 170 g/mol. The van der Waals surface area contributed by atoms with Crippen LogP contribution in [0.3, 0.4) is 0 Å². The van der Waals surface area contributed by atoms with Gasteiger partial charge in [0.15, 0.2) is 0 Å². The highest BCUT2D eigenvalue weighted by Gasteiger charge is 2.37. The van der Waals surface area contributed by atoms with Crippen molar-refractivity contribution >= 4 is 0 Å². The predicted molar refractivity (Wildman–Crippen MR) is 61.4 cm³/mol. The largest absolute Gasteiger partial charge is 0.288 e. The Bertz CT molecular complexity index is 257. The summed E-state index contributed by atoms with van der Waals surface area (Å²) in [7, 11) is 0. The van der Waals surface area contributed by atoms with Crippen LogP contribution in [-0.4, -0.2) is 23.0 Å². The molecule has 14 heavy (non-hydrogen) atoms. The van der Waals surface area contributed by atoms with Crippen LogP contribution in [-0.2, 0) is 0 Å². The van der Waals surface area contributed by atoms with Crippen molar-refractivity contribution in [3.05, 3.63) is 11.1 Å². The van der Waals surface area contributed by atoms with Gasteiger partial charge in [0, 0.05) is 18.1 Å². The van der Waals surface area contributed by atoms with Crippen LogP contribution in [0.25, 0.3) is 0 Å². The van der Waals surface area contributed by atoms with Gasteiger partial charge in [-0.25, -0.2) is 0 Å². The van der Waals surface area contributed by atoms with E-state index in [0.29, 0.717) is 5.54 Å². The van der Waals surface area contributed by atoms with Gasteiger partial charge in [0.05, 0.1) is 0 Å². The Balaban J connectivity index is 2.21. The SMILES string of the molecule is CC1=C2CCCCC2N(C(C)(C)C)C1. The Morgan fingerprint density at radius 3 is 2.57 bits per heavy atom. The van der Waals surface area contributed by atoms with Crippen LogP contribution >= 0.6 is 0 Å². The molecule has 1 unspecified atom stereocenters. The van der Waals surface area contributed by atoms with Crippen molar-refractivity contribution in [2.24, 2.45) is 0 Å². The monoisotopic (exact) mass is 193 g/mol. The summed E-state index contributed by atoms with van der Waals surface area (Å²) < 4.78 is 0. The first-order valence-electron chi connectivity index (χ1n) is 5.95. The number of fused-ring (bicyclic) bond motifs is 1. The molecule has 0 aromatic carbocycles. The standard InChI is InChI=1S/C13H23N/c1-10-9-14(13(2,3)4)12-8-6-5-7-11(10)12/h12H,5-9H2,1-4H3. The molecule has 1 fully saturated rings. The summed E-state index contributed by atoms with van der Waals surface area (Å²) in [6.45, 7) is 10.6. The maximum Gasteiger partial charge on any atom is 0.0319 e. The number of rotatable bonds is 0. The fourth-order valence-corrected chi connectivity index (χ4v) is 3.01. The van der Waals surface area contributed by atoms with Crippen molar-refractivity contribution in [1.29, 1.82) is 0 Å². The molecule has 2 aliphatic rings. The van der Waals surface area contributed by atoms with E-state index in [2.05, 4.69) is 32.6 Å². The molecule has 80 valence electrons. The van der Waals surface area contributed by atoms with Gasteiger partial charge in [-0.05, 0) is 47.0 Å². The molecule has 0 radical (unpaired) electrons. The van der Waals surface area contributed by atoms with Crippen LogP contribution in [0.2, 0.25) is 0 Å². The van der Waals surface area contributed by atoms with Crippen LogP contribution < -0.4 is 0 Å². The Morgan fingerprint density at radius 1 is 1.21 bits per heavy atom. The van der Waals surface area contributed by atoms with Crippen LogP contribution in [0.4, 0.5) is 0 Å². The van der Waals surface area contributed by atoms with Gasteiger partial charge in [-0.1, -0.05) is 17.6 Å². The number of nitrogens with zero attached hydrogens (tertiary/aromatic N) is 1. The minimum Gasteiger partial charge on any atom is -0.288 e. The highest BCUT2D eigenvalue weighted by molar-refractivity contribution is 5.28. The maximum absolute atomic E-state index is 2.69. The predicted octanol–water partition coefficient (Wildman–Crippen LogP) is 3.36. The van der Waals surface area contributed by atoms with Crippen molar-refractivity contribution in [1.82, 2.24) is 4.90 Å². The lowest BCUT2D eigenvalue weighted by Gasteiger charge is -2.39. The van der Waals surface area contributed by atoms with E-state index in [1.165, 1.54) is 32.2 Å². The summed E-state index contributed by atoms with van der Waals surface area (Å²) >= 11 is 0. The second-order valence-electron chi connectivity index (χ2n) is 5.87. The van der Waals surface area contributed by atoms with Gasteiger partial charge in [0.25, 0.3) is 0 Å². The normalized spacial score (nSPS) is 29.6. The lowest BCUT2D eigenvalue weighted by Crippen LogP contribution is -2.46. The average Bonchev–Trinajstić information content (AvgIpc) is 2.44. The maximum atomic E-state index is 2.69. The van der Waals surface area contributed by atoms with E-state index in [9.17, 15) is 0 Å². The number of hydrogen-bond acceptors (Lipinski definition) is 1. The summed E-state index contributed by atoms with van der Waals surface area (Å²) in [6, 6.07) is 0.781. The minimum absolute atomic E-state index is 0.338. The molecule has 0 aromatic heterocycles. The van der Waals surface area contributed by atoms with Crippen molar-refractivity contribution in [3.63, 3.8) is 0 Å². The molecule has 1 atom stereocenters. The molecule has 2 rings (SSSR count). The Kier molecular flexibility index (Phi) is 2.46. The fourth-order valence-electron chi connectivity index (χ4n) is 3.01. The molecule has 1 aliphatic carbocycles. The van der Waals surface area contributed by atoms with Crippen LogP contribution in [0, 0.1) is 0 Å². The molecule has 1 saturated carbocycles. The van der Waals surface area contributed by atoms with Gasteiger partial charge >= 0.3 is 0 Å². The topological polar surface area (TPSA) is 3.24 Å². The quantitative estimate of drug-likeness (QED) is 0.533. The first-order valence-corrected chi connectivity index (χ1v) is 5.95. The second kappa shape index (κ2) is 3.37. The smallest absolute Gasteiger partial charge is 0.0319 e. The summed E-state index contributed by atoms with van der Waals surface area (Å²) in [5.41, 5.74) is 3.76. The average molecular weight is 193 g/mol. The van der Waals surface area contributed by atoms with E-state index >= 15 is 0 Å². The molecule has 1 heterocycles. The number of hydrogen-bond donors (Lipinski definition) is 0. The third-order valence-corrected chi connectivity index (χ3v) is 3.77. The molecule has 1 heteroatoms. The molecule has 1 nitrogen and oxygen atoms in total. The Morgan fingerprint density at radius 2 is 1.93 bits per heavy atom. The molecular formula is C13H23N. The van der Waals surface area contributed by atoms with E-state index in [0.717, 1.165) is 6.04 Å². The van der Waals surface area contributed by atoms with Crippen LogP contribution in [0.15, 0.2) is 11.1 Å². The van der Waals surface area contributed by atoms with E-state index in [1.807, 2.05) is 0 Å². The zero-order valence-electron chi connectivity index (χ0n) is 10.1. The summed E-state index contributed by atoms with van der Waals surface area (Å²) in [4.78, 5) is 2.69. The van der Waals surface area contributed by atoms with Crippen molar-refractivity contribution in [3.8, 4) is 0 Å². The second-order valence-corrected chi connectivity index (χ2v) is 5.87. The van der Waals surface area contributed by atoms with Gasteiger partial charge in [-0.2, -0.15) is 0 Å². The van der Waals surface area contributed by atoms with Gasteiger partial charge in [-0.15, -0.1) is 0 Å². The summed E-state index contributed by atoms with van der Waals surface area (Å²) in [5.74, 6) is 0. The molecule has 0 aromatic rings. The Labute approximate surface area is 88.2 Å². The lowest BCUT2D eigenvalue weighted by atomic mass is 9.88. The third-order valence-electron chi connectivity index (χ3n) is 3.77. The van der Waals surface area contributed by atoms with Crippen molar-refractivity contribution in [2.75, 3.05) is 6.54 Å². The van der Waals surface area contributed by atoms with E-state index in [-0.39, 0.29) is 0 Å². The van der Waals surface area contributed by atoms with Gasteiger partial charge in [0.1, 0.15) is 0 Å². The first-order chi connectivity index (χ1) is 6.50.